The lowest BCUT2D eigenvalue weighted by molar-refractivity contribution is -0.143. The number of rotatable bonds is 7. The normalized spacial score (nSPS) is 21.1. The maximum Gasteiger partial charge on any atom is 0.306 e. The lowest BCUT2D eigenvalue weighted by Gasteiger charge is -2.20. The third-order valence-corrected chi connectivity index (χ3v) is 5.50. The smallest absolute Gasteiger partial charge is 0.306 e. The zero-order chi connectivity index (χ0) is 22.6. The van der Waals surface area contributed by atoms with Crippen LogP contribution in [0.5, 0.6) is 0 Å². The Morgan fingerprint density at radius 2 is 2.03 bits per heavy atom. The Morgan fingerprint density at radius 3 is 2.77 bits per heavy atom. The summed E-state index contributed by atoms with van der Waals surface area (Å²) in [4.78, 5) is 23.1. The van der Waals surface area contributed by atoms with Gasteiger partial charge in [-0.15, -0.1) is 0 Å². The van der Waals surface area contributed by atoms with Crippen LogP contribution in [0.2, 0.25) is 0 Å². The topological polar surface area (TPSA) is 65.7 Å². The van der Waals surface area contributed by atoms with Crippen molar-refractivity contribution in [2.45, 2.75) is 72.1 Å². The van der Waals surface area contributed by atoms with Crippen LogP contribution in [0.15, 0.2) is 52.2 Å². The number of hydrogen-bond donors (Lipinski definition) is 0. The molecule has 2 rings (SSSR count). The third kappa shape index (κ3) is 9.41. The summed E-state index contributed by atoms with van der Waals surface area (Å²) < 4.78 is 16.4. The van der Waals surface area contributed by atoms with Crippen LogP contribution in [-0.2, 0) is 31.9 Å². The number of ether oxygens (including phenoxy) is 2. The summed E-state index contributed by atoms with van der Waals surface area (Å²) in [5.41, 5.74) is 4.46. The van der Waals surface area contributed by atoms with E-state index in [1.54, 1.807) is 0 Å². The molecule has 0 unspecified atom stereocenters. The van der Waals surface area contributed by atoms with E-state index in [1.165, 1.54) is 18.1 Å². The summed E-state index contributed by atoms with van der Waals surface area (Å²) in [5.74, 6) is 0.691. The molecule has 0 saturated carbocycles. The maximum absolute atomic E-state index is 11.8. The van der Waals surface area contributed by atoms with Gasteiger partial charge in [-0.1, -0.05) is 31.2 Å². The monoisotopic (exact) mass is 428 g/mol. The minimum Gasteiger partial charge on any atom is -0.469 e. The zero-order valence-corrected chi connectivity index (χ0v) is 19.2. The van der Waals surface area contributed by atoms with Crippen molar-refractivity contribution >= 4 is 11.9 Å². The SMILES string of the molecule is C=C(COC(=O)CCC)[C@H]1C/C=C(\C)Cc2cc(co2)CC/C=C(\COC(C)=O)CC1. The minimum atomic E-state index is -0.276. The van der Waals surface area contributed by atoms with Crippen molar-refractivity contribution in [3.63, 3.8) is 0 Å². The first kappa shape index (κ1) is 24.7. The van der Waals surface area contributed by atoms with Crippen LogP contribution in [0.3, 0.4) is 0 Å². The van der Waals surface area contributed by atoms with Gasteiger partial charge in [-0.05, 0) is 74.1 Å². The zero-order valence-electron chi connectivity index (χ0n) is 19.2. The van der Waals surface area contributed by atoms with Crippen LogP contribution in [0, 0.1) is 5.92 Å². The summed E-state index contributed by atoms with van der Waals surface area (Å²) >= 11 is 0. The second-order valence-electron chi connectivity index (χ2n) is 8.37. The highest BCUT2D eigenvalue weighted by Gasteiger charge is 2.16. The summed E-state index contributed by atoms with van der Waals surface area (Å²) in [6.45, 7) is 10.3. The molecule has 0 radical (unpaired) electrons. The molecule has 0 amide bonds. The second-order valence-corrected chi connectivity index (χ2v) is 8.37. The molecule has 1 heterocycles. The van der Waals surface area contributed by atoms with E-state index >= 15 is 0 Å². The van der Waals surface area contributed by atoms with Crippen LogP contribution < -0.4 is 0 Å². The van der Waals surface area contributed by atoms with E-state index in [0.29, 0.717) is 13.0 Å². The van der Waals surface area contributed by atoms with Crippen molar-refractivity contribution < 1.29 is 23.5 Å². The fourth-order valence-electron chi connectivity index (χ4n) is 3.63. The number of esters is 2. The highest BCUT2D eigenvalue weighted by molar-refractivity contribution is 5.69. The molecule has 0 fully saturated rings. The van der Waals surface area contributed by atoms with Crippen molar-refractivity contribution in [1.29, 1.82) is 0 Å². The van der Waals surface area contributed by atoms with Gasteiger partial charge in [0.15, 0.2) is 0 Å². The lowest BCUT2D eigenvalue weighted by Crippen LogP contribution is -2.13. The van der Waals surface area contributed by atoms with Gasteiger partial charge in [0, 0.05) is 19.8 Å². The van der Waals surface area contributed by atoms with Crippen LogP contribution >= 0.6 is 0 Å². The molecular formula is C26H36O5. The van der Waals surface area contributed by atoms with Crippen LogP contribution in [0.25, 0.3) is 0 Å². The van der Waals surface area contributed by atoms with Crippen molar-refractivity contribution in [3.05, 3.63) is 59.1 Å². The molecule has 170 valence electrons. The fraction of sp³-hybridized carbons (Fsp3) is 0.538. The molecular weight excluding hydrogens is 392 g/mol. The van der Waals surface area contributed by atoms with Crippen molar-refractivity contribution in [2.24, 2.45) is 5.92 Å². The second kappa shape index (κ2) is 13.0. The fourth-order valence-corrected chi connectivity index (χ4v) is 3.63. The molecule has 5 nitrogen and oxygen atoms in total. The van der Waals surface area contributed by atoms with E-state index in [4.69, 9.17) is 13.9 Å². The first-order valence-electron chi connectivity index (χ1n) is 11.2. The van der Waals surface area contributed by atoms with Gasteiger partial charge in [-0.2, -0.15) is 0 Å². The van der Waals surface area contributed by atoms with Crippen molar-refractivity contribution in [1.82, 2.24) is 0 Å². The molecule has 0 N–H and O–H groups in total. The maximum atomic E-state index is 11.8. The Bertz CT molecular complexity index is 812. The van der Waals surface area contributed by atoms with Crippen LogP contribution in [0.1, 0.15) is 70.6 Å². The Balaban J connectivity index is 2.15. The molecule has 1 aliphatic carbocycles. The molecule has 0 aromatic carbocycles. The predicted octanol–water partition coefficient (Wildman–Crippen LogP) is 5.89. The van der Waals surface area contributed by atoms with Gasteiger partial charge in [0.25, 0.3) is 0 Å². The lowest BCUT2D eigenvalue weighted by atomic mass is 9.89. The number of furan rings is 1. The van der Waals surface area contributed by atoms with Crippen LogP contribution in [-0.4, -0.2) is 25.2 Å². The first-order chi connectivity index (χ1) is 14.9. The van der Waals surface area contributed by atoms with E-state index in [0.717, 1.165) is 61.9 Å². The Kier molecular flexibility index (Phi) is 10.3. The molecule has 1 atom stereocenters. The van der Waals surface area contributed by atoms with Crippen molar-refractivity contribution in [2.75, 3.05) is 13.2 Å². The number of hydrogen-bond acceptors (Lipinski definition) is 5. The van der Waals surface area contributed by atoms with E-state index in [-0.39, 0.29) is 24.5 Å². The minimum absolute atomic E-state index is 0.180. The molecule has 5 heteroatoms. The number of carbonyl (C=O) groups excluding carboxylic acids is 2. The molecule has 1 aromatic heterocycles. The van der Waals surface area contributed by atoms with Gasteiger partial charge in [-0.3, -0.25) is 9.59 Å². The average Bonchev–Trinajstić information content (AvgIpc) is 3.16. The Morgan fingerprint density at radius 1 is 1.23 bits per heavy atom. The van der Waals surface area contributed by atoms with Crippen molar-refractivity contribution in [3.8, 4) is 0 Å². The number of allylic oxidation sites excluding steroid dienone is 3. The van der Waals surface area contributed by atoms with Gasteiger partial charge < -0.3 is 13.9 Å². The summed E-state index contributed by atoms with van der Waals surface area (Å²) in [6, 6.07) is 2.12. The first-order valence-corrected chi connectivity index (χ1v) is 11.2. The van der Waals surface area contributed by atoms with E-state index in [9.17, 15) is 9.59 Å². The number of fused-ring (bicyclic) bond motifs is 2. The molecule has 0 aliphatic heterocycles. The average molecular weight is 429 g/mol. The standard InChI is InChI=1S/C26H36O5/c1-5-7-26(28)31-16-20(3)24-12-10-19(2)14-25-15-23(18-30-25)9-6-8-22(11-13-24)17-29-21(4)27/h8,10,15,18,24H,3,5-7,9,11-14,16-17H2,1-2,4H3/b19-10+,22-8-/t24-/m0/s1. The highest BCUT2D eigenvalue weighted by atomic mass is 16.5. The molecule has 1 aromatic rings. The largest absolute Gasteiger partial charge is 0.469 e. The highest BCUT2D eigenvalue weighted by Crippen LogP contribution is 2.26. The summed E-state index contributed by atoms with van der Waals surface area (Å²) in [5, 5.41) is 0. The van der Waals surface area contributed by atoms with Gasteiger partial charge in [0.1, 0.15) is 19.0 Å². The number of aryl methyl sites for hydroxylation is 1. The van der Waals surface area contributed by atoms with Gasteiger partial charge >= 0.3 is 11.9 Å². The van der Waals surface area contributed by atoms with Crippen LogP contribution in [0.4, 0.5) is 0 Å². The predicted molar refractivity (Wildman–Crippen MR) is 122 cm³/mol. The Hall–Kier alpha value is -2.56. The molecule has 2 bridgehead atoms. The third-order valence-electron chi connectivity index (χ3n) is 5.50. The number of carbonyl (C=O) groups is 2. The Labute approximate surface area is 186 Å². The van der Waals surface area contributed by atoms with E-state index in [1.807, 2.05) is 13.2 Å². The van der Waals surface area contributed by atoms with Gasteiger partial charge in [0.05, 0.1) is 6.26 Å². The van der Waals surface area contributed by atoms with Gasteiger partial charge in [-0.25, -0.2) is 0 Å². The molecule has 31 heavy (non-hydrogen) atoms. The van der Waals surface area contributed by atoms with E-state index in [2.05, 4.69) is 31.7 Å². The summed E-state index contributed by atoms with van der Waals surface area (Å²) in [6.07, 6.45) is 12.5. The molecule has 1 aliphatic rings. The van der Waals surface area contributed by atoms with E-state index < -0.39 is 0 Å². The molecule has 0 spiro atoms. The summed E-state index contributed by atoms with van der Waals surface area (Å²) in [7, 11) is 0. The molecule has 0 saturated heterocycles. The quantitative estimate of drug-likeness (QED) is 0.400. The van der Waals surface area contributed by atoms with Gasteiger partial charge in [0.2, 0.25) is 0 Å².